The van der Waals surface area contributed by atoms with Crippen LogP contribution in [0.3, 0.4) is 0 Å². The van der Waals surface area contributed by atoms with Crippen LogP contribution in [-0.2, 0) is 4.74 Å². The fraction of sp³-hybridized carbons (Fsp3) is 0.579. The van der Waals surface area contributed by atoms with Crippen LogP contribution in [0.15, 0.2) is 53.0 Å². The second-order valence-corrected chi connectivity index (χ2v) is 7.32. The number of nitrogens with one attached hydrogen (secondary N) is 1. The average molecular weight is 339 g/mol. The van der Waals surface area contributed by atoms with Crippen LogP contribution < -0.4 is 5.32 Å². The Kier molecular flexibility index (Phi) is 4.81. The van der Waals surface area contributed by atoms with Gasteiger partial charge in [-0.1, -0.05) is 29.4 Å². The van der Waals surface area contributed by atoms with Gasteiger partial charge in [0.2, 0.25) is 0 Å². The van der Waals surface area contributed by atoms with Crippen LogP contribution in [0.4, 0.5) is 0 Å². The van der Waals surface area contributed by atoms with Crippen molar-refractivity contribution in [3.8, 4) is 0 Å². The number of dihydropyridines is 1. The molecular formula is C19H25N5O. The first-order chi connectivity index (χ1) is 12.3. The maximum Gasteiger partial charge on any atom is 0.135 e. The minimum absolute atomic E-state index is 0.190. The molecule has 25 heavy (non-hydrogen) atoms. The van der Waals surface area contributed by atoms with Crippen LogP contribution in [-0.4, -0.2) is 43.2 Å². The lowest BCUT2D eigenvalue weighted by molar-refractivity contribution is -0.0388. The number of fused-ring (bicyclic) bond motifs is 3. The number of rotatable bonds is 5. The van der Waals surface area contributed by atoms with E-state index in [0.29, 0.717) is 24.5 Å². The highest BCUT2D eigenvalue weighted by molar-refractivity contribution is 5.36. The van der Waals surface area contributed by atoms with Gasteiger partial charge in [-0.05, 0) is 61.4 Å². The third-order valence-electron chi connectivity index (χ3n) is 5.70. The van der Waals surface area contributed by atoms with Gasteiger partial charge in [0, 0.05) is 24.2 Å². The van der Waals surface area contributed by atoms with Crippen molar-refractivity contribution in [2.24, 2.45) is 17.0 Å². The highest BCUT2D eigenvalue weighted by Crippen LogP contribution is 2.31. The Labute approximate surface area is 148 Å². The number of ether oxygens (including phenoxy) is 1. The minimum atomic E-state index is 0.190. The molecule has 3 saturated heterocycles. The number of hydrogen-bond acceptors (Lipinski definition) is 4. The number of piperidine rings is 3. The molecule has 0 spiro atoms. The molecular weight excluding hydrogens is 314 g/mol. The number of allylic oxidation sites excluding steroid dienone is 2. The van der Waals surface area contributed by atoms with E-state index in [4.69, 9.17) is 10.3 Å². The summed E-state index contributed by atoms with van der Waals surface area (Å²) < 4.78 is 6.25. The topological polar surface area (TPSA) is 73.3 Å². The molecule has 2 bridgehead atoms. The van der Waals surface area contributed by atoms with Crippen LogP contribution in [0.25, 0.3) is 10.4 Å². The first-order valence-electron chi connectivity index (χ1n) is 9.24. The summed E-state index contributed by atoms with van der Waals surface area (Å²) >= 11 is 0. The lowest BCUT2D eigenvalue weighted by Gasteiger charge is -2.44. The van der Waals surface area contributed by atoms with Crippen LogP contribution >= 0.6 is 0 Å². The van der Waals surface area contributed by atoms with Gasteiger partial charge in [0.15, 0.2) is 0 Å². The van der Waals surface area contributed by atoms with Crippen molar-refractivity contribution >= 4 is 0 Å². The largest absolute Gasteiger partial charge is 0.487 e. The number of azide groups is 1. The van der Waals surface area contributed by atoms with Crippen LogP contribution in [0.2, 0.25) is 0 Å². The summed E-state index contributed by atoms with van der Waals surface area (Å²) in [5.41, 5.74) is 9.66. The Morgan fingerprint density at radius 3 is 2.76 bits per heavy atom. The number of nitrogens with zero attached hydrogens (tertiary/aromatic N) is 4. The lowest BCUT2D eigenvalue weighted by Crippen LogP contribution is -2.51. The lowest BCUT2D eigenvalue weighted by atomic mass is 9.86. The highest BCUT2D eigenvalue weighted by Gasteiger charge is 2.35. The first kappa shape index (κ1) is 16.3. The average Bonchev–Trinajstić information content (AvgIpc) is 2.68. The van der Waals surface area contributed by atoms with E-state index in [1.165, 1.54) is 31.5 Å². The Balaban J connectivity index is 1.30. The van der Waals surface area contributed by atoms with Gasteiger partial charge in [-0.15, -0.1) is 0 Å². The van der Waals surface area contributed by atoms with Gasteiger partial charge in [0.25, 0.3) is 0 Å². The third kappa shape index (κ3) is 3.75. The van der Waals surface area contributed by atoms with Gasteiger partial charge >= 0.3 is 0 Å². The second kappa shape index (κ2) is 7.38. The molecule has 0 aromatic heterocycles. The molecule has 0 radical (unpaired) electrons. The smallest absolute Gasteiger partial charge is 0.135 e. The van der Waals surface area contributed by atoms with E-state index < -0.39 is 0 Å². The molecule has 4 heterocycles. The summed E-state index contributed by atoms with van der Waals surface area (Å²) in [5.74, 6) is 1.98. The molecule has 5 rings (SSSR count). The molecule has 0 aromatic rings. The molecule has 3 atom stereocenters. The molecule has 6 nitrogen and oxygen atoms in total. The summed E-state index contributed by atoms with van der Waals surface area (Å²) in [6.45, 7) is 4.07. The van der Waals surface area contributed by atoms with Gasteiger partial charge in [-0.3, -0.25) is 4.90 Å². The van der Waals surface area contributed by atoms with Crippen molar-refractivity contribution in [1.29, 1.82) is 0 Å². The van der Waals surface area contributed by atoms with Crippen molar-refractivity contribution in [3.63, 3.8) is 0 Å². The monoisotopic (exact) mass is 339 g/mol. The zero-order chi connectivity index (χ0) is 17.1. The van der Waals surface area contributed by atoms with Crippen molar-refractivity contribution in [1.82, 2.24) is 10.2 Å². The summed E-state index contributed by atoms with van der Waals surface area (Å²) in [7, 11) is 0. The van der Waals surface area contributed by atoms with Gasteiger partial charge in [0.1, 0.15) is 11.9 Å². The standard InChI is InChI=1S/C19H25N5O/c20-23-22-11-14-1-3-15(4-2-14)18-6-5-17(12-21-18)25-19-13-24-9-7-16(19)8-10-24/h1,3-6,12,14,16,18-19,21H,2,7-11,13H2/t14?,18?,19-/m0/s1. The minimum Gasteiger partial charge on any atom is -0.487 e. The normalized spacial score (nSPS) is 36.1. The predicted octanol–water partition coefficient (Wildman–Crippen LogP) is 3.28. The second-order valence-electron chi connectivity index (χ2n) is 7.32. The zero-order valence-corrected chi connectivity index (χ0v) is 14.4. The van der Waals surface area contributed by atoms with E-state index in [1.54, 1.807) is 0 Å². The van der Waals surface area contributed by atoms with Gasteiger partial charge in [-0.25, -0.2) is 0 Å². The Bertz CT molecular complexity index is 665. The first-order valence-corrected chi connectivity index (χ1v) is 9.24. The van der Waals surface area contributed by atoms with E-state index in [9.17, 15) is 0 Å². The fourth-order valence-corrected chi connectivity index (χ4v) is 4.16. The molecule has 0 saturated carbocycles. The van der Waals surface area contributed by atoms with Crippen molar-refractivity contribution in [3.05, 3.63) is 58.4 Å². The van der Waals surface area contributed by atoms with E-state index in [-0.39, 0.29) is 6.04 Å². The van der Waals surface area contributed by atoms with E-state index >= 15 is 0 Å². The van der Waals surface area contributed by atoms with E-state index in [1.807, 2.05) is 6.20 Å². The van der Waals surface area contributed by atoms with E-state index in [2.05, 4.69) is 50.6 Å². The van der Waals surface area contributed by atoms with Crippen molar-refractivity contribution < 1.29 is 4.74 Å². The summed E-state index contributed by atoms with van der Waals surface area (Å²) in [4.78, 5) is 5.34. The van der Waals surface area contributed by atoms with Gasteiger partial charge < -0.3 is 10.1 Å². The van der Waals surface area contributed by atoms with Crippen LogP contribution in [0.5, 0.6) is 0 Å². The van der Waals surface area contributed by atoms with Crippen molar-refractivity contribution in [2.75, 3.05) is 26.2 Å². The van der Waals surface area contributed by atoms with Gasteiger partial charge in [-0.2, -0.15) is 0 Å². The van der Waals surface area contributed by atoms with E-state index in [0.717, 1.165) is 18.7 Å². The fourth-order valence-electron chi connectivity index (χ4n) is 4.16. The molecule has 1 aliphatic carbocycles. The summed E-state index contributed by atoms with van der Waals surface area (Å²) in [6, 6.07) is 0.190. The molecule has 4 aliphatic heterocycles. The molecule has 6 heteroatoms. The summed E-state index contributed by atoms with van der Waals surface area (Å²) in [6.07, 6.45) is 16.6. The quantitative estimate of drug-likeness (QED) is 0.474. The third-order valence-corrected chi connectivity index (χ3v) is 5.70. The zero-order valence-electron chi connectivity index (χ0n) is 14.4. The molecule has 2 unspecified atom stereocenters. The maximum absolute atomic E-state index is 8.41. The molecule has 1 N–H and O–H groups in total. The Morgan fingerprint density at radius 2 is 2.16 bits per heavy atom. The molecule has 0 amide bonds. The molecule has 0 aromatic carbocycles. The van der Waals surface area contributed by atoms with Crippen LogP contribution in [0, 0.1) is 11.8 Å². The highest BCUT2D eigenvalue weighted by atomic mass is 16.5. The van der Waals surface area contributed by atoms with Crippen molar-refractivity contribution in [2.45, 2.75) is 31.4 Å². The maximum atomic E-state index is 8.41. The molecule has 132 valence electrons. The summed E-state index contributed by atoms with van der Waals surface area (Å²) in [5, 5.41) is 7.10. The predicted molar refractivity (Wildman–Crippen MR) is 97.5 cm³/mol. The number of hydrogen-bond donors (Lipinski definition) is 1. The SMILES string of the molecule is [N-]=[N+]=NCC1C=CC(C2C=CC(O[C@H]3CN4CCC3CC4)=CN2)=CC1. The Morgan fingerprint density at radius 1 is 1.28 bits per heavy atom. The Hall–Kier alpha value is -2.17. The molecule has 3 fully saturated rings. The molecule has 5 aliphatic rings. The van der Waals surface area contributed by atoms with Crippen LogP contribution in [0.1, 0.15) is 19.3 Å². The van der Waals surface area contributed by atoms with Gasteiger partial charge in [0.05, 0.1) is 6.04 Å².